The summed E-state index contributed by atoms with van der Waals surface area (Å²) in [5, 5.41) is 0. The molecule has 0 unspecified atom stereocenters. The summed E-state index contributed by atoms with van der Waals surface area (Å²) in [6.45, 7) is 5.40. The molecule has 0 radical (unpaired) electrons. The third-order valence-corrected chi connectivity index (χ3v) is 2.11. The van der Waals surface area contributed by atoms with Gasteiger partial charge in [-0.1, -0.05) is 0 Å². The predicted octanol–water partition coefficient (Wildman–Crippen LogP) is 1.33. The highest BCUT2D eigenvalue weighted by atomic mass is 16.5. The molecule has 1 rings (SSSR count). The van der Waals surface area contributed by atoms with Crippen LogP contribution in [0.5, 0.6) is 5.75 Å². The zero-order valence-corrected chi connectivity index (χ0v) is 9.14. The Morgan fingerprint density at radius 3 is 2.73 bits per heavy atom. The summed E-state index contributed by atoms with van der Waals surface area (Å²) in [6, 6.07) is 3.56. The summed E-state index contributed by atoms with van der Waals surface area (Å²) in [5.41, 5.74) is 0. The Hall–Kier alpha value is -1.58. The molecular formula is C11H16N2O2. The first-order valence-corrected chi connectivity index (χ1v) is 5.08. The molecule has 4 nitrogen and oxygen atoms in total. The summed E-state index contributed by atoms with van der Waals surface area (Å²) in [6.07, 6.45) is 3.26. The zero-order valence-electron chi connectivity index (χ0n) is 9.14. The molecular weight excluding hydrogens is 192 g/mol. The van der Waals surface area contributed by atoms with Gasteiger partial charge in [0.05, 0.1) is 6.20 Å². The largest absolute Gasteiger partial charge is 0.482 e. The van der Waals surface area contributed by atoms with Gasteiger partial charge in [-0.2, -0.15) is 0 Å². The fourth-order valence-corrected chi connectivity index (χ4v) is 1.25. The lowest BCUT2D eigenvalue weighted by Gasteiger charge is -2.18. The van der Waals surface area contributed by atoms with Crippen LogP contribution in [0.15, 0.2) is 24.5 Å². The number of ether oxygens (including phenoxy) is 1. The van der Waals surface area contributed by atoms with E-state index in [0.29, 0.717) is 18.8 Å². The minimum atomic E-state index is 0.00357. The van der Waals surface area contributed by atoms with Gasteiger partial charge in [-0.25, -0.2) is 0 Å². The van der Waals surface area contributed by atoms with Crippen molar-refractivity contribution in [3.63, 3.8) is 0 Å². The smallest absolute Gasteiger partial charge is 0.260 e. The van der Waals surface area contributed by atoms with E-state index in [0.717, 1.165) is 0 Å². The highest BCUT2D eigenvalue weighted by molar-refractivity contribution is 5.77. The predicted molar refractivity (Wildman–Crippen MR) is 57.7 cm³/mol. The molecule has 0 bridgehead atoms. The van der Waals surface area contributed by atoms with Crippen molar-refractivity contribution in [3.8, 4) is 5.75 Å². The number of nitrogens with zero attached hydrogens (tertiary/aromatic N) is 2. The molecule has 0 fully saturated rings. The standard InChI is InChI=1S/C11H16N2O2/c1-3-13(4-2)11(14)9-15-10-6-5-7-12-8-10/h5-8H,3-4,9H2,1-2H3. The monoisotopic (exact) mass is 208 g/mol. The Balaban J connectivity index is 2.40. The first kappa shape index (κ1) is 11.5. The van der Waals surface area contributed by atoms with Crippen molar-refractivity contribution in [1.82, 2.24) is 9.88 Å². The second-order valence-electron chi connectivity index (χ2n) is 3.04. The molecule has 0 atom stereocenters. The lowest BCUT2D eigenvalue weighted by molar-refractivity contribution is -0.132. The van der Waals surface area contributed by atoms with Crippen LogP contribution in [0.2, 0.25) is 0 Å². The Morgan fingerprint density at radius 1 is 1.47 bits per heavy atom. The van der Waals surface area contributed by atoms with Crippen LogP contribution in [0.3, 0.4) is 0 Å². The highest BCUT2D eigenvalue weighted by Crippen LogP contribution is 2.06. The molecule has 0 saturated carbocycles. The fourth-order valence-electron chi connectivity index (χ4n) is 1.25. The normalized spacial score (nSPS) is 9.73. The van der Waals surface area contributed by atoms with Gasteiger partial charge in [0.25, 0.3) is 5.91 Å². The van der Waals surface area contributed by atoms with E-state index in [1.807, 2.05) is 13.8 Å². The van der Waals surface area contributed by atoms with Crippen molar-refractivity contribution in [2.24, 2.45) is 0 Å². The summed E-state index contributed by atoms with van der Waals surface area (Å²) in [7, 11) is 0. The van der Waals surface area contributed by atoms with Gasteiger partial charge < -0.3 is 9.64 Å². The SMILES string of the molecule is CCN(CC)C(=O)COc1cccnc1. The van der Waals surface area contributed by atoms with Crippen molar-refractivity contribution < 1.29 is 9.53 Å². The second-order valence-corrected chi connectivity index (χ2v) is 3.04. The van der Waals surface area contributed by atoms with Crippen LogP contribution in [0.25, 0.3) is 0 Å². The molecule has 0 saturated heterocycles. The van der Waals surface area contributed by atoms with Gasteiger partial charge in [-0.05, 0) is 26.0 Å². The van der Waals surface area contributed by atoms with E-state index < -0.39 is 0 Å². The maximum absolute atomic E-state index is 11.6. The number of carbonyl (C=O) groups excluding carboxylic acids is 1. The summed E-state index contributed by atoms with van der Waals surface area (Å²) < 4.78 is 5.30. The van der Waals surface area contributed by atoms with Crippen molar-refractivity contribution in [1.29, 1.82) is 0 Å². The Bertz CT molecular complexity index is 297. The van der Waals surface area contributed by atoms with E-state index in [9.17, 15) is 4.79 Å². The summed E-state index contributed by atoms with van der Waals surface area (Å²) in [4.78, 5) is 17.2. The molecule has 0 spiro atoms. The number of hydrogen-bond donors (Lipinski definition) is 0. The van der Waals surface area contributed by atoms with Gasteiger partial charge in [-0.3, -0.25) is 9.78 Å². The van der Waals surface area contributed by atoms with Gasteiger partial charge in [0.15, 0.2) is 6.61 Å². The summed E-state index contributed by atoms with van der Waals surface area (Å²) in [5.74, 6) is 0.627. The van der Waals surface area contributed by atoms with E-state index in [1.54, 1.807) is 29.4 Å². The van der Waals surface area contributed by atoms with Crippen LogP contribution < -0.4 is 4.74 Å². The number of pyridine rings is 1. The molecule has 1 amide bonds. The molecule has 1 aromatic rings. The van der Waals surface area contributed by atoms with E-state index >= 15 is 0 Å². The Morgan fingerprint density at radius 2 is 2.20 bits per heavy atom. The number of likely N-dealkylation sites (N-methyl/N-ethyl adjacent to an activating group) is 1. The molecule has 4 heteroatoms. The molecule has 82 valence electrons. The maximum atomic E-state index is 11.6. The van der Waals surface area contributed by atoms with Gasteiger partial charge in [-0.15, -0.1) is 0 Å². The number of amides is 1. The second kappa shape index (κ2) is 6.01. The zero-order chi connectivity index (χ0) is 11.1. The lowest BCUT2D eigenvalue weighted by Crippen LogP contribution is -2.34. The first-order valence-electron chi connectivity index (χ1n) is 5.08. The van der Waals surface area contributed by atoms with Crippen LogP contribution in [-0.4, -0.2) is 35.5 Å². The number of hydrogen-bond acceptors (Lipinski definition) is 3. The van der Waals surface area contributed by atoms with Crippen molar-refractivity contribution in [3.05, 3.63) is 24.5 Å². The van der Waals surface area contributed by atoms with Crippen LogP contribution in [0.4, 0.5) is 0 Å². The van der Waals surface area contributed by atoms with E-state index in [-0.39, 0.29) is 12.5 Å². The van der Waals surface area contributed by atoms with E-state index in [1.165, 1.54) is 0 Å². The Kier molecular flexibility index (Phi) is 4.60. The van der Waals surface area contributed by atoms with Crippen LogP contribution in [0, 0.1) is 0 Å². The van der Waals surface area contributed by atoms with Gasteiger partial charge >= 0.3 is 0 Å². The average Bonchev–Trinajstić information content (AvgIpc) is 2.29. The third-order valence-electron chi connectivity index (χ3n) is 2.11. The number of carbonyl (C=O) groups is 1. The fraction of sp³-hybridized carbons (Fsp3) is 0.455. The first-order chi connectivity index (χ1) is 7.27. The van der Waals surface area contributed by atoms with Crippen LogP contribution >= 0.6 is 0 Å². The van der Waals surface area contributed by atoms with Gasteiger partial charge in [0.2, 0.25) is 0 Å². The minimum absolute atomic E-state index is 0.00357. The molecule has 0 aromatic carbocycles. The van der Waals surface area contributed by atoms with Crippen molar-refractivity contribution in [2.45, 2.75) is 13.8 Å². The van der Waals surface area contributed by atoms with Crippen LogP contribution in [0.1, 0.15) is 13.8 Å². The Labute approximate surface area is 89.9 Å². The molecule has 1 aromatic heterocycles. The number of aromatic nitrogens is 1. The lowest BCUT2D eigenvalue weighted by atomic mass is 10.4. The minimum Gasteiger partial charge on any atom is -0.482 e. The quantitative estimate of drug-likeness (QED) is 0.733. The van der Waals surface area contributed by atoms with Gasteiger partial charge in [0.1, 0.15) is 5.75 Å². The molecule has 0 aliphatic carbocycles. The topological polar surface area (TPSA) is 42.4 Å². The molecule has 0 aliphatic rings. The number of rotatable bonds is 5. The van der Waals surface area contributed by atoms with E-state index in [2.05, 4.69) is 4.98 Å². The van der Waals surface area contributed by atoms with Crippen molar-refractivity contribution >= 4 is 5.91 Å². The van der Waals surface area contributed by atoms with Crippen molar-refractivity contribution in [2.75, 3.05) is 19.7 Å². The van der Waals surface area contributed by atoms with E-state index in [4.69, 9.17) is 4.74 Å². The molecule has 1 heterocycles. The molecule has 0 N–H and O–H groups in total. The maximum Gasteiger partial charge on any atom is 0.260 e. The third kappa shape index (κ3) is 3.58. The van der Waals surface area contributed by atoms with Crippen LogP contribution in [-0.2, 0) is 4.79 Å². The molecule has 0 aliphatic heterocycles. The average molecular weight is 208 g/mol. The van der Waals surface area contributed by atoms with Gasteiger partial charge in [0, 0.05) is 19.3 Å². The molecule has 15 heavy (non-hydrogen) atoms. The highest BCUT2D eigenvalue weighted by Gasteiger charge is 2.09. The summed E-state index contributed by atoms with van der Waals surface area (Å²) >= 11 is 0.